The van der Waals surface area contributed by atoms with Gasteiger partial charge in [0, 0.05) is 19.0 Å². The third-order valence-electron chi connectivity index (χ3n) is 2.80. The average molecular weight is 288 g/mol. The molecule has 1 aromatic rings. The summed E-state index contributed by atoms with van der Waals surface area (Å²) in [6.45, 7) is 3.94. The van der Waals surface area contributed by atoms with Crippen molar-refractivity contribution in [1.82, 2.24) is 14.9 Å². The van der Waals surface area contributed by atoms with Crippen molar-refractivity contribution >= 4 is 17.5 Å². The fraction of sp³-hybridized carbons (Fsp3) is 0.583. The van der Waals surface area contributed by atoms with Crippen LogP contribution < -0.4 is 4.74 Å². The maximum Gasteiger partial charge on any atom is 0.259 e. The van der Waals surface area contributed by atoms with Crippen molar-refractivity contribution in [1.29, 1.82) is 0 Å². The van der Waals surface area contributed by atoms with E-state index in [1.807, 2.05) is 0 Å². The van der Waals surface area contributed by atoms with Crippen molar-refractivity contribution in [3.63, 3.8) is 0 Å². The van der Waals surface area contributed by atoms with Gasteiger partial charge in [0.1, 0.15) is 0 Å². The summed E-state index contributed by atoms with van der Waals surface area (Å²) in [5.41, 5.74) is -1.82. The third kappa shape index (κ3) is 3.53. The molecule has 1 fully saturated rings. The molecule has 1 aliphatic heterocycles. The Labute approximate surface area is 115 Å². The summed E-state index contributed by atoms with van der Waals surface area (Å²) >= 11 is 5.67. The summed E-state index contributed by atoms with van der Waals surface area (Å²) in [7, 11) is 0. The molecule has 0 spiro atoms. The number of alkyl halides is 1. The number of amides is 1. The van der Waals surface area contributed by atoms with Gasteiger partial charge in [-0.15, -0.1) is 0 Å². The molecule has 0 aromatic carbocycles. The molecule has 0 radical (unpaired) electrons. The molecule has 5 nitrogen and oxygen atoms in total. The summed E-state index contributed by atoms with van der Waals surface area (Å²) in [5, 5.41) is 0.266. The molecule has 104 valence electrons. The molecular weight excluding hydrogens is 273 g/mol. The fourth-order valence-corrected chi connectivity index (χ4v) is 1.96. The molecule has 1 saturated heterocycles. The normalized spacial score (nSPS) is 16.1. The predicted octanol–water partition coefficient (Wildman–Crippen LogP) is 1.72. The lowest BCUT2D eigenvalue weighted by molar-refractivity contribution is -0.149. The number of hydrogen-bond acceptors (Lipinski definition) is 4. The van der Waals surface area contributed by atoms with Crippen molar-refractivity contribution in [3.05, 3.63) is 17.5 Å². The molecule has 1 aliphatic rings. The van der Waals surface area contributed by atoms with Crippen LogP contribution in [0, 0.1) is 5.92 Å². The van der Waals surface area contributed by atoms with E-state index >= 15 is 0 Å². The van der Waals surface area contributed by atoms with Gasteiger partial charge in [-0.1, -0.05) is 11.6 Å². The van der Waals surface area contributed by atoms with Gasteiger partial charge >= 0.3 is 0 Å². The highest BCUT2D eigenvalue weighted by Crippen LogP contribution is 2.22. The van der Waals surface area contributed by atoms with Crippen LogP contribution in [0.5, 0.6) is 5.88 Å². The van der Waals surface area contributed by atoms with E-state index in [0.717, 1.165) is 0 Å². The first kappa shape index (κ1) is 14.0. The lowest BCUT2D eigenvalue weighted by Crippen LogP contribution is -2.56. The smallest absolute Gasteiger partial charge is 0.259 e. The third-order valence-corrected chi connectivity index (χ3v) is 2.99. The molecule has 2 rings (SSSR count). The fourth-order valence-electron chi connectivity index (χ4n) is 1.82. The first-order valence-corrected chi connectivity index (χ1v) is 6.32. The molecule has 19 heavy (non-hydrogen) atoms. The lowest BCUT2D eigenvalue weighted by Gasteiger charge is -2.40. The SMILES string of the molecule is CC(C)(F)C(=O)N1CC(COc2cncc(Cl)n2)C1. The number of aromatic nitrogens is 2. The summed E-state index contributed by atoms with van der Waals surface area (Å²) < 4.78 is 18.8. The molecule has 0 bridgehead atoms. The summed E-state index contributed by atoms with van der Waals surface area (Å²) in [6, 6.07) is 0. The van der Waals surface area contributed by atoms with Gasteiger partial charge in [-0.25, -0.2) is 4.39 Å². The van der Waals surface area contributed by atoms with Gasteiger partial charge in [0.15, 0.2) is 10.8 Å². The standard InChI is InChI=1S/C12H15ClFN3O2/c1-12(2,14)11(18)17-5-8(6-17)7-19-10-4-15-3-9(13)16-10/h3-4,8H,5-7H2,1-2H3. The largest absolute Gasteiger partial charge is 0.476 e. The molecule has 0 aliphatic carbocycles. The van der Waals surface area contributed by atoms with Gasteiger partial charge in [-0.2, -0.15) is 4.98 Å². The quantitative estimate of drug-likeness (QED) is 0.846. The van der Waals surface area contributed by atoms with Crippen molar-refractivity contribution < 1.29 is 13.9 Å². The zero-order chi connectivity index (χ0) is 14.0. The number of halogens is 2. The average Bonchev–Trinajstić information content (AvgIpc) is 2.25. The molecule has 0 saturated carbocycles. The van der Waals surface area contributed by atoms with Gasteiger partial charge in [-0.05, 0) is 13.8 Å². The molecule has 0 N–H and O–H groups in total. The van der Waals surface area contributed by atoms with Crippen LogP contribution in [0.25, 0.3) is 0 Å². The molecule has 0 unspecified atom stereocenters. The van der Waals surface area contributed by atoms with Gasteiger partial charge in [0.25, 0.3) is 5.91 Å². The molecule has 2 heterocycles. The molecule has 7 heteroatoms. The van der Waals surface area contributed by atoms with Crippen LogP contribution in [0.1, 0.15) is 13.8 Å². The Bertz CT molecular complexity index is 472. The van der Waals surface area contributed by atoms with Crippen LogP contribution in [0.4, 0.5) is 4.39 Å². The zero-order valence-electron chi connectivity index (χ0n) is 10.8. The maximum absolute atomic E-state index is 13.4. The number of rotatable bonds is 4. The van der Waals surface area contributed by atoms with Crippen molar-refractivity contribution in [2.24, 2.45) is 5.92 Å². The van der Waals surface area contributed by atoms with E-state index in [4.69, 9.17) is 16.3 Å². The highest BCUT2D eigenvalue weighted by Gasteiger charge is 2.39. The maximum atomic E-state index is 13.4. The highest BCUT2D eigenvalue weighted by atomic mass is 35.5. The van der Waals surface area contributed by atoms with Crippen LogP contribution >= 0.6 is 11.6 Å². The predicted molar refractivity (Wildman–Crippen MR) is 67.8 cm³/mol. The number of ether oxygens (including phenoxy) is 1. The minimum Gasteiger partial charge on any atom is -0.476 e. The number of nitrogens with zero attached hydrogens (tertiary/aromatic N) is 3. The van der Waals surface area contributed by atoms with Crippen LogP contribution in [-0.4, -0.2) is 46.1 Å². The summed E-state index contributed by atoms with van der Waals surface area (Å²) in [4.78, 5) is 20.9. The second kappa shape index (κ2) is 5.28. The first-order chi connectivity index (χ1) is 8.86. The molecule has 0 atom stereocenters. The van der Waals surface area contributed by atoms with Gasteiger partial charge in [0.2, 0.25) is 5.88 Å². The molecular formula is C12H15ClFN3O2. The van der Waals surface area contributed by atoms with Gasteiger partial charge in [-0.3, -0.25) is 9.78 Å². The minimum absolute atomic E-state index is 0.187. The Hall–Kier alpha value is -1.43. The van der Waals surface area contributed by atoms with E-state index in [2.05, 4.69) is 9.97 Å². The van der Waals surface area contributed by atoms with Crippen LogP contribution in [0.2, 0.25) is 5.15 Å². The lowest BCUT2D eigenvalue weighted by atomic mass is 9.98. The Morgan fingerprint density at radius 3 is 2.84 bits per heavy atom. The van der Waals surface area contributed by atoms with E-state index < -0.39 is 11.6 Å². The molecule has 1 amide bonds. The van der Waals surface area contributed by atoms with Crippen molar-refractivity contribution in [2.75, 3.05) is 19.7 Å². The second-order valence-electron chi connectivity index (χ2n) is 5.04. The van der Waals surface area contributed by atoms with E-state index in [9.17, 15) is 9.18 Å². The number of carbonyl (C=O) groups excluding carboxylic acids is 1. The summed E-state index contributed by atoms with van der Waals surface area (Å²) in [5.74, 6) is 0.0569. The Morgan fingerprint density at radius 1 is 1.58 bits per heavy atom. The van der Waals surface area contributed by atoms with Gasteiger partial charge in [0.05, 0.1) is 19.0 Å². The first-order valence-electron chi connectivity index (χ1n) is 5.95. The monoisotopic (exact) mass is 287 g/mol. The Balaban J connectivity index is 1.75. The highest BCUT2D eigenvalue weighted by molar-refractivity contribution is 6.29. The van der Waals surface area contributed by atoms with Crippen molar-refractivity contribution in [2.45, 2.75) is 19.5 Å². The van der Waals surface area contributed by atoms with E-state index in [0.29, 0.717) is 25.6 Å². The topological polar surface area (TPSA) is 55.3 Å². The number of carbonyl (C=O) groups is 1. The van der Waals surface area contributed by atoms with E-state index in [-0.39, 0.29) is 11.1 Å². The van der Waals surface area contributed by atoms with Crippen molar-refractivity contribution in [3.8, 4) is 5.88 Å². The minimum atomic E-state index is -1.82. The van der Waals surface area contributed by atoms with Crippen LogP contribution in [0.3, 0.4) is 0 Å². The zero-order valence-corrected chi connectivity index (χ0v) is 11.5. The Kier molecular flexibility index (Phi) is 3.89. The van der Waals surface area contributed by atoms with E-state index in [1.54, 1.807) is 0 Å². The number of likely N-dealkylation sites (tertiary alicyclic amines) is 1. The van der Waals surface area contributed by atoms with Gasteiger partial charge < -0.3 is 9.64 Å². The second-order valence-corrected chi connectivity index (χ2v) is 5.43. The van der Waals surface area contributed by atoms with E-state index in [1.165, 1.54) is 31.1 Å². The summed E-state index contributed by atoms with van der Waals surface area (Å²) in [6.07, 6.45) is 2.89. The Morgan fingerprint density at radius 2 is 2.26 bits per heavy atom. The van der Waals surface area contributed by atoms with Crippen LogP contribution in [0.15, 0.2) is 12.4 Å². The number of hydrogen-bond donors (Lipinski definition) is 0. The molecule has 1 aromatic heterocycles. The van der Waals surface area contributed by atoms with Crippen LogP contribution in [-0.2, 0) is 4.79 Å².